The van der Waals surface area contributed by atoms with Crippen molar-refractivity contribution in [2.45, 2.75) is 31.7 Å². The van der Waals surface area contributed by atoms with E-state index in [2.05, 4.69) is 25.4 Å². The van der Waals surface area contributed by atoms with Crippen LogP contribution in [-0.4, -0.2) is 55.2 Å². The van der Waals surface area contributed by atoms with Gasteiger partial charge in [0.2, 0.25) is 11.8 Å². The lowest BCUT2D eigenvalue weighted by Gasteiger charge is -2.30. The molecule has 9 heteroatoms. The second-order valence-electron chi connectivity index (χ2n) is 7.64. The molecule has 0 atom stereocenters. The largest absolute Gasteiger partial charge is 0.354 e. The van der Waals surface area contributed by atoms with Gasteiger partial charge in [0, 0.05) is 43.9 Å². The van der Waals surface area contributed by atoms with Crippen LogP contribution >= 0.6 is 0 Å². The molecular weight excluding hydrogens is 385 g/mol. The van der Waals surface area contributed by atoms with Gasteiger partial charge >= 0.3 is 0 Å². The molecule has 1 aromatic carbocycles. The van der Waals surface area contributed by atoms with E-state index < -0.39 is 0 Å². The number of amides is 1. The zero-order chi connectivity index (χ0) is 20.5. The van der Waals surface area contributed by atoms with Gasteiger partial charge in [-0.2, -0.15) is 4.98 Å². The first-order chi connectivity index (χ1) is 14.7. The Labute approximate surface area is 173 Å². The van der Waals surface area contributed by atoms with Crippen molar-refractivity contribution < 1.29 is 9.18 Å². The molecule has 0 unspecified atom stereocenters. The Bertz CT molecular complexity index is 1050. The summed E-state index contributed by atoms with van der Waals surface area (Å²) in [4.78, 5) is 28.1. The molecule has 2 aromatic heterocycles. The molecule has 0 aliphatic carbocycles. The first-order valence-electron chi connectivity index (χ1n) is 10.2. The minimum absolute atomic E-state index is 0.133. The second-order valence-corrected chi connectivity index (χ2v) is 7.64. The Morgan fingerprint density at radius 1 is 1.13 bits per heavy atom. The minimum atomic E-state index is -0.288. The van der Waals surface area contributed by atoms with Crippen LogP contribution in [0.5, 0.6) is 0 Å². The Morgan fingerprint density at radius 2 is 2.00 bits per heavy atom. The van der Waals surface area contributed by atoms with Gasteiger partial charge in [0.1, 0.15) is 11.6 Å². The summed E-state index contributed by atoms with van der Waals surface area (Å²) in [6, 6.07) is 8.19. The van der Waals surface area contributed by atoms with Crippen LogP contribution in [0.1, 0.15) is 41.6 Å². The summed E-state index contributed by atoms with van der Waals surface area (Å²) in [5.41, 5.74) is 1.44. The maximum Gasteiger partial charge on any atom is 0.293 e. The summed E-state index contributed by atoms with van der Waals surface area (Å²) < 4.78 is 15.3. The van der Waals surface area contributed by atoms with Crippen molar-refractivity contribution in [1.29, 1.82) is 0 Å². The lowest BCUT2D eigenvalue weighted by molar-refractivity contribution is 0.0698. The monoisotopic (exact) mass is 407 g/mol. The Kier molecular flexibility index (Phi) is 4.86. The molecule has 8 nitrogen and oxygen atoms in total. The molecule has 30 heavy (non-hydrogen) atoms. The number of aryl methyl sites for hydroxylation is 1. The highest BCUT2D eigenvalue weighted by Gasteiger charge is 2.29. The zero-order valence-corrected chi connectivity index (χ0v) is 16.5. The van der Waals surface area contributed by atoms with Crippen molar-refractivity contribution >= 4 is 11.9 Å². The Hall–Kier alpha value is -3.36. The number of nitrogens with one attached hydrogen (secondary N) is 1. The van der Waals surface area contributed by atoms with Crippen molar-refractivity contribution in [2.75, 3.05) is 25.0 Å². The molecule has 5 rings (SSSR count). The van der Waals surface area contributed by atoms with Crippen LogP contribution in [0, 0.1) is 5.82 Å². The van der Waals surface area contributed by atoms with E-state index in [1.54, 1.807) is 27.9 Å². The van der Waals surface area contributed by atoms with Crippen molar-refractivity contribution in [2.24, 2.45) is 0 Å². The number of benzene rings is 1. The SMILES string of the molecule is O=C(c1nc2n(n1)CCCN2)N1CCC(c2nccc(-c3cccc(F)c3)n2)CC1. The molecular formula is C21H22FN7O. The number of aromatic nitrogens is 5. The van der Waals surface area contributed by atoms with Gasteiger partial charge < -0.3 is 10.2 Å². The number of hydrogen-bond acceptors (Lipinski definition) is 6. The molecule has 0 radical (unpaired) electrons. The first-order valence-corrected chi connectivity index (χ1v) is 10.2. The lowest BCUT2D eigenvalue weighted by atomic mass is 9.95. The molecule has 3 aromatic rings. The fourth-order valence-electron chi connectivity index (χ4n) is 4.01. The topological polar surface area (TPSA) is 88.8 Å². The van der Waals surface area contributed by atoms with E-state index in [0.717, 1.165) is 43.7 Å². The molecule has 4 heterocycles. The van der Waals surface area contributed by atoms with E-state index in [0.29, 0.717) is 24.7 Å². The highest BCUT2D eigenvalue weighted by Crippen LogP contribution is 2.28. The van der Waals surface area contributed by atoms with Crippen LogP contribution in [0.4, 0.5) is 10.3 Å². The van der Waals surface area contributed by atoms with Gasteiger partial charge in [-0.15, -0.1) is 5.10 Å². The maximum absolute atomic E-state index is 13.5. The first kappa shape index (κ1) is 18.7. The summed E-state index contributed by atoms with van der Waals surface area (Å²) in [6.07, 6.45) is 4.23. The smallest absolute Gasteiger partial charge is 0.293 e. The number of hydrogen-bond donors (Lipinski definition) is 1. The summed E-state index contributed by atoms with van der Waals surface area (Å²) >= 11 is 0. The number of halogens is 1. The summed E-state index contributed by atoms with van der Waals surface area (Å²) in [5.74, 6) is 1.40. The standard InChI is InChI=1S/C21H22FN7O/c22-16-4-1-3-15(13-16)17-5-9-23-18(25-17)14-6-11-28(12-7-14)20(30)19-26-21-24-8-2-10-29(21)27-19/h1,3-5,9,13-14H,2,6-8,10-12H2,(H,24,26,27). The van der Waals surface area contributed by atoms with Crippen LogP contribution < -0.4 is 5.32 Å². The van der Waals surface area contributed by atoms with E-state index in [4.69, 9.17) is 0 Å². The number of likely N-dealkylation sites (tertiary alicyclic amines) is 1. The highest BCUT2D eigenvalue weighted by molar-refractivity contribution is 5.90. The molecule has 1 amide bonds. The summed E-state index contributed by atoms with van der Waals surface area (Å²) in [5, 5.41) is 7.52. The third-order valence-electron chi connectivity index (χ3n) is 5.63. The van der Waals surface area contributed by atoms with Crippen molar-refractivity contribution in [3.05, 3.63) is 54.0 Å². The molecule has 0 saturated carbocycles. The number of anilines is 1. The number of nitrogens with zero attached hydrogens (tertiary/aromatic N) is 6. The summed E-state index contributed by atoms with van der Waals surface area (Å²) in [6.45, 7) is 2.85. The van der Waals surface area contributed by atoms with Gasteiger partial charge in [0.05, 0.1) is 5.69 Å². The second kappa shape index (κ2) is 7.81. The molecule has 0 bridgehead atoms. The van der Waals surface area contributed by atoms with Crippen molar-refractivity contribution in [3.63, 3.8) is 0 Å². The molecule has 1 fully saturated rings. The predicted octanol–water partition coefficient (Wildman–Crippen LogP) is 2.71. The fraction of sp³-hybridized carbons (Fsp3) is 0.381. The van der Waals surface area contributed by atoms with Gasteiger partial charge in [-0.1, -0.05) is 12.1 Å². The summed E-state index contributed by atoms with van der Waals surface area (Å²) in [7, 11) is 0. The van der Waals surface area contributed by atoms with Crippen LogP contribution in [0.3, 0.4) is 0 Å². The minimum Gasteiger partial charge on any atom is -0.354 e. The molecule has 2 aliphatic rings. The zero-order valence-electron chi connectivity index (χ0n) is 16.5. The lowest BCUT2D eigenvalue weighted by Crippen LogP contribution is -2.38. The molecule has 0 spiro atoms. The normalized spacial score (nSPS) is 16.8. The van der Waals surface area contributed by atoms with E-state index >= 15 is 0 Å². The molecule has 2 aliphatic heterocycles. The van der Waals surface area contributed by atoms with E-state index in [-0.39, 0.29) is 23.5 Å². The third-order valence-corrected chi connectivity index (χ3v) is 5.63. The molecule has 154 valence electrons. The maximum atomic E-state index is 13.5. The van der Waals surface area contributed by atoms with Gasteiger partial charge in [-0.05, 0) is 37.5 Å². The van der Waals surface area contributed by atoms with E-state index in [9.17, 15) is 9.18 Å². The van der Waals surface area contributed by atoms with Crippen molar-refractivity contribution in [1.82, 2.24) is 29.6 Å². The number of rotatable bonds is 3. The highest BCUT2D eigenvalue weighted by atomic mass is 19.1. The Morgan fingerprint density at radius 3 is 2.80 bits per heavy atom. The van der Waals surface area contributed by atoms with Crippen LogP contribution in [0.2, 0.25) is 0 Å². The van der Waals surface area contributed by atoms with Crippen LogP contribution in [0.25, 0.3) is 11.3 Å². The number of carbonyl (C=O) groups excluding carboxylic acids is 1. The Balaban J connectivity index is 1.26. The van der Waals surface area contributed by atoms with Gasteiger partial charge in [0.25, 0.3) is 5.91 Å². The average molecular weight is 407 g/mol. The van der Waals surface area contributed by atoms with E-state index in [1.165, 1.54) is 12.1 Å². The van der Waals surface area contributed by atoms with Gasteiger partial charge in [-0.3, -0.25) is 4.79 Å². The predicted molar refractivity (Wildman–Crippen MR) is 108 cm³/mol. The van der Waals surface area contributed by atoms with Gasteiger partial charge in [0.15, 0.2) is 0 Å². The van der Waals surface area contributed by atoms with Crippen LogP contribution in [0.15, 0.2) is 36.5 Å². The quantitative estimate of drug-likeness (QED) is 0.718. The van der Waals surface area contributed by atoms with Crippen molar-refractivity contribution in [3.8, 4) is 11.3 Å². The molecule has 1 N–H and O–H groups in total. The average Bonchev–Trinajstić information content (AvgIpc) is 3.23. The fourth-order valence-corrected chi connectivity index (χ4v) is 4.01. The van der Waals surface area contributed by atoms with E-state index in [1.807, 2.05) is 6.07 Å². The third kappa shape index (κ3) is 3.62. The van der Waals surface area contributed by atoms with Gasteiger partial charge in [-0.25, -0.2) is 19.0 Å². The number of carbonyl (C=O) groups is 1. The molecule has 1 saturated heterocycles. The number of fused-ring (bicyclic) bond motifs is 1. The van der Waals surface area contributed by atoms with Crippen LogP contribution in [-0.2, 0) is 6.54 Å². The number of piperidine rings is 1.